The highest BCUT2D eigenvalue weighted by atomic mass is 35.5. The van der Waals surface area contributed by atoms with Gasteiger partial charge < -0.3 is 15.7 Å². The summed E-state index contributed by atoms with van der Waals surface area (Å²) >= 11 is 6.12. The molecule has 0 bridgehead atoms. The zero-order chi connectivity index (χ0) is 20.1. The zero-order valence-corrected chi connectivity index (χ0v) is 16.3. The van der Waals surface area contributed by atoms with Crippen molar-refractivity contribution in [2.45, 2.75) is 19.9 Å². The van der Waals surface area contributed by atoms with Crippen molar-refractivity contribution in [2.24, 2.45) is 5.92 Å². The minimum Gasteiger partial charge on any atom is -0.394 e. The van der Waals surface area contributed by atoms with Crippen LogP contribution in [-0.4, -0.2) is 32.7 Å². The molecule has 0 aliphatic rings. The van der Waals surface area contributed by atoms with Gasteiger partial charge in [0.2, 0.25) is 5.95 Å². The number of anilines is 3. The molecule has 6 nitrogen and oxygen atoms in total. The molecule has 0 radical (unpaired) electrons. The summed E-state index contributed by atoms with van der Waals surface area (Å²) in [6, 6.07) is 9.34. The van der Waals surface area contributed by atoms with Gasteiger partial charge >= 0.3 is 0 Å². The fourth-order valence-electron chi connectivity index (χ4n) is 2.56. The summed E-state index contributed by atoms with van der Waals surface area (Å²) in [4.78, 5) is 13.1. The van der Waals surface area contributed by atoms with Gasteiger partial charge in [0.1, 0.15) is 11.6 Å². The third-order valence-corrected chi connectivity index (χ3v) is 4.52. The minimum absolute atomic E-state index is 0.0485. The molecule has 0 unspecified atom stereocenters. The number of halogens is 2. The lowest BCUT2D eigenvalue weighted by Gasteiger charge is -2.21. The first-order valence-electron chi connectivity index (χ1n) is 8.85. The average Bonchev–Trinajstić information content (AvgIpc) is 2.68. The highest BCUT2D eigenvalue weighted by Gasteiger charge is 2.15. The van der Waals surface area contributed by atoms with Gasteiger partial charge in [-0.2, -0.15) is 4.98 Å². The maximum atomic E-state index is 13.3. The van der Waals surface area contributed by atoms with Gasteiger partial charge in [-0.05, 0) is 36.2 Å². The number of hydrogen-bond acceptors (Lipinski definition) is 6. The zero-order valence-electron chi connectivity index (χ0n) is 15.5. The Labute approximate surface area is 167 Å². The van der Waals surface area contributed by atoms with Crippen LogP contribution in [0, 0.1) is 11.7 Å². The van der Waals surface area contributed by atoms with Crippen LogP contribution in [0.25, 0.3) is 11.3 Å². The van der Waals surface area contributed by atoms with Gasteiger partial charge in [-0.1, -0.05) is 25.4 Å². The molecule has 0 spiro atoms. The molecule has 1 atom stereocenters. The van der Waals surface area contributed by atoms with Crippen molar-refractivity contribution < 1.29 is 9.50 Å². The molecule has 0 aliphatic carbocycles. The van der Waals surface area contributed by atoms with Crippen LogP contribution in [0.2, 0.25) is 5.02 Å². The Morgan fingerprint density at radius 1 is 1.11 bits per heavy atom. The highest BCUT2D eigenvalue weighted by Crippen LogP contribution is 2.28. The number of nitrogens with zero attached hydrogens (tertiary/aromatic N) is 3. The van der Waals surface area contributed by atoms with Crippen molar-refractivity contribution in [3.63, 3.8) is 0 Å². The molecular formula is C20H21ClFN5O. The van der Waals surface area contributed by atoms with Crippen LogP contribution in [0.4, 0.5) is 21.8 Å². The monoisotopic (exact) mass is 401 g/mol. The minimum atomic E-state index is -0.416. The van der Waals surface area contributed by atoms with E-state index in [9.17, 15) is 9.50 Å². The first-order valence-corrected chi connectivity index (χ1v) is 9.23. The molecule has 0 saturated heterocycles. The van der Waals surface area contributed by atoms with E-state index in [0.717, 1.165) is 5.56 Å². The Hall–Kier alpha value is -2.77. The van der Waals surface area contributed by atoms with E-state index < -0.39 is 5.82 Å². The van der Waals surface area contributed by atoms with Gasteiger partial charge in [0, 0.05) is 24.0 Å². The SMILES string of the molecule is CC(C)[C@H](CO)Nc1nc(Nc2ccc(F)cc2Cl)cc(-c2ccncc2)n1. The molecule has 3 aromatic rings. The predicted octanol–water partition coefficient (Wildman–Crippen LogP) is 4.50. The average molecular weight is 402 g/mol. The summed E-state index contributed by atoms with van der Waals surface area (Å²) in [6.07, 6.45) is 3.36. The maximum absolute atomic E-state index is 13.3. The lowest BCUT2D eigenvalue weighted by atomic mass is 10.1. The number of aromatic nitrogens is 3. The van der Waals surface area contributed by atoms with Crippen LogP contribution in [-0.2, 0) is 0 Å². The van der Waals surface area contributed by atoms with Gasteiger partial charge in [-0.15, -0.1) is 0 Å². The largest absolute Gasteiger partial charge is 0.394 e. The fourth-order valence-corrected chi connectivity index (χ4v) is 2.78. The molecule has 1 aromatic carbocycles. The first kappa shape index (κ1) is 20.0. The van der Waals surface area contributed by atoms with Crippen molar-refractivity contribution in [2.75, 3.05) is 17.2 Å². The lowest BCUT2D eigenvalue weighted by Crippen LogP contribution is -2.30. The molecule has 28 heavy (non-hydrogen) atoms. The highest BCUT2D eigenvalue weighted by molar-refractivity contribution is 6.33. The van der Waals surface area contributed by atoms with Crippen LogP contribution >= 0.6 is 11.6 Å². The van der Waals surface area contributed by atoms with Gasteiger partial charge in [-0.3, -0.25) is 4.98 Å². The number of aliphatic hydroxyl groups is 1. The number of aliphatic hydroxyl groups excluding tert-OH is 1. The molecule has 3 N–H and O–H groups in total. The third-order valence-electron chi connectivity index (χ3n) is 4.21. The van der Waals surface area contributed by atoms with E-state index in [1.807, 2.05) is 26.0 Å². The topological polar surface area (TPSA) is 83.0 Å². The summed E-state index contributed by atoms with van der Waals surface area (Å²) in [6.45, 7) is 3.95. The van der Waals surface area contributed by atoms with Crippen molar-refractivity contribution in [1.82, 2.24) is 15.0 Å². The van der Waals surface area contributed by atoms with Crippen molar-refractivity contribution >= 4 is 29.1 Å². The Morgan fingerprint density at radius 3 is 2.50 bits per heavy atom. The smallest absolute Gasteiger partial charge is 0.225 e. The van der Waals surface area contributed by atoms with E-state index in [2.05, 4.69) is 25.6 Å². The van der Waals surface area contributed by atoms with Gasteiger partial charge in [0.15, 0.2) is 0 Å². The van der Waals surface area contributed by atoms with Crippen LogP contribution < -0.4 is 10.6 Å². The summed E-state index contributed by atoms with van der Waals surface area (Å²) in [5, 5.41) is 16.1. The van der Waals surface area contributed by atoms with Crippen LogP contribution in [0.5, 0.6) is 0 Å². The first-order chi connectivity index (χ1) is 13.5. The van der Waals surface area contributed by atoms with E-state index in [-0.39, 0.29) is 23.6 Å². The van der Waals surface area contributed by atoms with Crippen LogP contribution in [0.3, 0.4) is 0 Å². The van der Waals surface area contributed by atoms with Gasteiger partial charge in [0.25, 0.3) is 0 Å². The molecule has 2 aromatic heterocycles. The maximum Gasteiger partial charge on any atom is 0.225 e. The van der Waals surface area contributed by atoms with Crippen molar-refractivity contribution in [1.29, 1.82) is 0 Å². The van der Waals surface area contributed by atoms with E-state index >= 15 is 0 Å². The van der Waals surface area contributed by atoms with E-state index in [0.29, 0.717) is 23.1 Å². The Kier molecular flexibility index (Phi) is 6.38. The van der Waals surface area contributed by atoms with Gasteiger partial charge in [0.05, 0.1) is 29.1 Å². The third kappa shape index (κ3) is 4.94. The van der Waals surface area contributed by atoms with E-state index in [4.69, 9.17) is 11.6 Å². The predicted molar refractivity (Wildman–Crippen MR) is 109 cm³/mol. The quantitative estimate of drug-likeness (QED) is 0.540. The standard InChI is InChI=1S/C20H21ClFN5O/c1-12(2)18(11-28)26-20-25-17(13-5-7-23-8-6-13)10-19(27-20)24-16-4-3-14(22)9-15(16)21/h3-10,12,18,28H,11H2,1-2H3,(H2,24,25,26,27)/t18-/m0/s1. The number of hydrogen-bond donors (Lipinski definition) is 3. The molecule has 146 valence electrons. The lowest BCUT2D eigenvalue weighted by molar-refractivity contribution is 0.248. The second-order valence-electron chi connectivity index (χ2n) is 6.62. The summed E-state index contributed by atoms with van der Waals surface area (Å²) in [5.74, 6) is 0.614. The molecule has 0 amide bonds. The Balaban J connectivity index is 1.99. The second kappa shape index (κ2) is 8.95. The second-order valence-corrected chi connectivity index (χ2v) is 7.03. The van der Waals surface area contributed by atoms with E-state index in [1.165, 1.54) is 12.1 Å². The molecule has 2 heterocycles. The molecular weight excluding hydrogens is 381 g/mol. The van der Waals surface area contributed by atoms with E-state index in [1.54, 1.807) is 24.5 Å². The van der Waals surface area contributed by atoms with Crippen LogP contribution in [0.15, 0.2) is 48.8 Å². The van der Waals surface area contributed by atoms with Gasteiger partial charge in [-0.25, -0.2) is 9.37 Å². The molecule has 0 aliphatic heterocycles. The molecule has 0 saturated carbocycles. The molecule has 3 rings (SSSR count). The number of nitrogens with one attached hydrogen (secondary N) is 2. The summed E-state index contributed by atoms with van der Waals surface area (Å²) in [7, 11) is 0. The normalized spacial score (nSPS) is 12.1. The Bertz CT molecular complexity index is 939. The molecule has 0 fully saturated rings. The summed E-state index contributed by atoms with van der Waals surface area (Å²) in [5.41, 5.74) is 2.05. The van der Waals surface area contributed by atoms with Crippen molar-refractivity contribution in [3.8, 4) is 11.3 Å². The number of benzene rings is 1. The molecule has 8 heteroatoms. The Morgan fingerprint density at radius 2 is 1.86 bits per heavy atom. The fraction of sp³-hybridized carbons (Fsp3) is 0.250. The number of rotatable bonds is 7. The number of pyridine rings is 1. The van der Waals surface area contributed by atoms with Crippen LogP contribution in [0.1, 0.15) is 13.8 Å². The van der Waals surface area contributed by atoms with Crippen molar-refractivity contribution in [3.05, 3.63) is 59.6 Å². The summed E-state index contributed by atoms with van der Waals surface area (Å²) < 4.78 is 13.3.